The van der Waals surface area contributed by atoms with E-state index in [2.05, 4.69) is 15.3 Å². The number of nitrogens with one attached hydrogen (secondary N) is 1. The third-order valence-corrected chi connectivity index (χ3v) is 4.28. The number of anilines is 2. The lowest BCUT2D eigenvalue weighted by atomic mass is 10.1. The third kappa shape index (κ3) is 3.83. The Hall–Kier alpha value is -2.05. The number of halogens is 1. The van der Waals surface area contributed by atoms with Gasteiger partial charge in [0.1, 0.15) is 5.75 Å². The molecule has 6 nitrogen and oxygen atoms in total. The van der Waals surface area contributed by atoms with Gasteiger partial charge in [0, 0.05) is 23.6 Å². The third-order valence-electron chi connectivity index (χ3n) is 4.03. The van der Waals surface area contributed by atoms with Crippen molar-refractivity contribution >= 4 is 23.4 Å². The number of nitrogens with two attached hydrogens (primary N) is 1. The van der Waals surface area contributed by atoms with Gasteiger partial charge in [-0.3, -0.25) is 0 Å². The zero-order chi connectivity index (χ0) is 16.2. The molecule has 23 heavy (non-hydrogen) atoms. The van der Waals surface area contributed by atoms with Gasteiger partial charge in [-0.05, 0) is 37.1 Å². The molecule has 122 valence electrons. The molecular formula is C16H19ClN4O2. The van der Waals surface area contributed by atoms with E-state index in [0.29, 0.717) is 22.3 Å². The van der Waals surface area contributed by atoms with E-state index in [4.69, 9.17) is 22.1 Å². The summed E-state index contributed by atoms with van der Waals surface area (Å²) in [5.74, 6) is 2.06. The quantitative estimate of drug-likeness (QED) is 0.778. The van der Waals surface area contributed by atoms with Crippen LogP contribution in [-0.2, 0) is 0 Å². The van der Waals surface area contributed by atoms with Gasteiger partial charge in [0.2, 0.25) is 5.95 Å². The number of rotatable bonds is 5. The van der Waals surface area contributed by atoms with Crippen molar-refractivity contribution in [3.8, 4) is 11.5 Å². The molecule has 0 unspecified atom stereocenters. The van der Waals surface area contributed by atoms with Crippen LogP contribution in [-0.4, -0.2) is 27.7 Å². The van der Waals surface area contributed by atoms with E-state index >= 15 is 0 Å². The van der Waals surface area contributed by atoms with Crippen LogP contribution in [0.25, 0.3) is 0 Å². The van der Waals surface area contributed by atoms with Gasteiger partial charge in [-0.2, -0.15) is 4.98 Å². The van der Waals surface area contributed by atoms with Crippen LogP contribution in [0.5, 0.6) is 11.5 Å². The van der Waals surface area contributed by atoms with Gasteiger partial charge in [-0.1, -0.05) is 18.0 Å². The van der Waals surface area contributed by atoms with E-state index in [1.807, 2.05) is 0 Å². The highest BCUT2D eigenvalue weighted by Gasteiger charge is 2.27. The van der Waals surface area contributed by atoms with Gasteiger partial charge in [-0.15, -0.1) is 0 Å². The van der Waals surface area contributed by atoms with Gasteiger partial charge in [-0.25, -0.2) is 4.98 Å². The van der Waals surface area contributed by atoms with Crippen molar-refractivity contribution < 1.29 is 9.84 Å². The second-order valence-corrected chi connectivity index (χ2v) is 6.06. The fourth-order valence-corrected chi connectivity index (χ4v) is 2.94. The molecule has 2 atom stereocenters. The molecule has 0 bridgehead atoms. The summed E-state index contributed by atoms with van der Waals surface area (Å²) < 4.78 is 5.83. The molecule has 1 fully saturated rings. The Morgan fingerprint density at radius 1 is 1.30 bits per heavy atom. The lowest BCUT2D eigenvalue weighted by molar-refractivity contribution is 0.222. The van der Waals surface area contributed by atoms with Gasteiger partial charge in [0.05, 0.1) is 6.20 Å². The van der Waals surface area contributed by atoms with Crippen LogP contribution < -0.4 is 15.8 Å². The Bertz CT molecular complexity index is 666. The average Bonchev–Trinajstić information content (AvgIpc) is 2.99. The first-order valence-corrected chi connectivity index (χ1v) is 7.97. The van der Waals surface area contributed by atoms with Crippen LogP contribution in [0.2, 0.25) is 5.02 Å². The van der Waals surface area contributed by atoms with Crippen LogP contribution >= 0.6 is 11.6 Å². The predicted molar refractivity (Wildman–Crippen MR) is 89.8 cm³/mol. The highest BCUT2D eigenvalue weighted by atomic mass is 35.5. The van der Waals surface area contributed by atoms with Crippen LogP contribution in [0, 0.1) is 5.92 Å². The first kappa shape index (κ1) is 15.8. The molecule has 7 heteroatoms. The van der Waals surface area contributed by atoms with Crippen LogP contribution in [0.3, 0.4) is 0 Å². The van der Waals surface area contributed by atoms with E-state index in [-0.39, 0.29) is 24.5 Å². The molecule has 1 aromatic carbocycles. The molecule has 1 saturated carbocycles. The van der Waals surface area contributed by atoms with Crippen molar-refractivity contribution in [2.45, 2.75) is 25.3 Å². The number of hydrogen-bond acceptors (Lipinski definition) is 6. The van der Waals surface area contributed by atoms with Gasteiger partial charge < -0.3 is 20.9 Å². The molecule has 0 amide bonds. The highest BCUT2D eigenvalue weighted by molar-refractivity contribution is 6.30. The number of benzene rings is 1. The number of hydrogen-bond donors (Lipinski definition) is 3. The summed E-state index contributed by atoms with van der Waals surface area (Å²) in [6.07, 6.45) is 4.61. The van der Waals surface area contributed by atoms with Crippen molar-refractivity contribution in [2.75, 3.05) is 17.7 Å². The normalized spacial score (nSPS) is 20.4. The van der Waals surface area contributed by atoms with Crippen LogP contribution in [0.15, 0.2) is 30.5 Å². The second-order valence-electron chi connectivity index (χ2n) is 5.62. The molecule has 1 heterocycles. The Balaban J connectivity index is 1.81. The van der Waals surface area contributed by atoms with Crippen molar-refractivity contribution in [3.63, 3.8) is 0 Å². The lowest BCUT2D eigenvalue weighted by Crippen LogP contribution is -2.27. The standard InChI is InChI=1S/C16H19ClN4O2/c17-11-4-6-12(7-5-11)23-14-8-19-16(18)21-15(14)20-13-3-1-2-10(13)9-22/h4-8,10,13,22H,1-3,9H2,(H3,18,19,20,21)/t10-,13+/m0/s1. The molecule has 0 radical (unpaired) electrons. The molecule has 1 aliphatic carbocycles. The number of aromatic nitrogens is 2. The van der Waals surface area contributed by atoms with Crippen molar-refractivity contribution in [2.24, 2.45) is 5.92 Å². The summed E-state index contributed by atoms with van der Waals surface area (Å²) in [5, 5.41) is 13.4. The maximum atomic E-state index is 9.46. The van der Waals surface area contributed by atoms with E-state index in [9.17, 15) is 5.11 Å². The fourth-order valence-electron chi connectivity index (χ4n) is 2.81. The monoisotopic (exact) mass is 334 g/mol. The molecular weight excluding hydrogens is 316 g/mol. The molecule has 0 spiro atoms. The Morgan fingerprint density at radius 2 is 2.09 bits per heavy atom. The summed E-state index contributed by atoms with van der Waals surface area (Å²) in [5.41, 5.74) is 5.70. The average molecular weight is 335 g/mol. The largest absolute Gasteiger partial charge is 0.452 e. The highest BCUT2D eigenvalue weighted by Crippen LogP contribution is 2.33. The van der Waals surface area contributed by atoms with Gasteiger partial charge in [0.25, 0.3) is 0 Å². The number of aliphatic hydroxyl groups excluding tert-OH is 1. The lowest BCUT2D eigenvalue weighted by Gasteiger charge is -2.21. The maximum absolute atomic E-state index is 9.46. The summed E-state index contributed by atoms with van der Waals surface area (Å²) in [4.78, 5) is 8.24. The fraction of sp³-hybridized carbons (Fsp3) is 0.375. The van der Waals surface area contributed by atoms with Crippen molar-refractivity contribution in [1.29, 1.82) is 0 Å². The molecule has 1 aromatic heterocycles. The molecule has 1 aliphatic rings. The Kier molecular flexibility index (Phi) is 4.83. The molecule has 0 aliphatic heterocycles. The van der Waals surface area contributed by atoms with Crippen LogP contribution in [0.1, 0.15) is 19.3 Å². The van der Waals surface area contributed by atoms with Crippen molar-refractivity contribution in [1.82, 2.24) is 9.97 Å². The molecule has 2 aromatic rings. The Morgan fingerprint density at radius 3 is 2.83 bits per heavy atom. The predicted octanol–water partition coefficient (Wildman–Crippen LogP) is 3.08. The van der Waals surface area contributed by atoms with Gasteiger partial charge >= 0.3 is 0 Å². The number of nitrogen functional groups attached to an aromatic ring is 1. The second kappa shape index (κ2) is 7.02. The SMILES string of the molecule is Nc1ncc(Oc2ccc(Cl)cc2)c(N[C@@H]2CCC[C@H]2CO)n1. The van der Waals surface area contributed by atoms with E-state index < -0.39 is 0 Å². The summed E-state index contributed by atoms with van der Waals surface area (Å²) >= 11 is 5.88. The Labute approximate surface area is 139 Å². The number of nitrogens with zero attached hydrogens (tertiary/aromatic N) is 2. The first-order valence-electron chi connectivity index (χ1n) is 7.59. The summed E-state index contributed by atoms with van der Waals surface area (Å²) in [6, 6.07) is 7.20. The minimum Gasteiger partial charge on any atom is -0.452 e. The maximum Gasteiger partial charge on any atom is 0.222 e. The minimum atomic E-state index is 0.155. The minimum absolute atomic E-state index is 0.155. The number of aliphatic hydroxyl groups is 1. The zero-order valence-corrected chi connectivity index (χ0v) is 13.3. The van der Waals surface area contributed by atoms with E-state index in [0.717, 1.165) is 19.3 Å². The van der Waals surface area contributed by atoms with E-state index in [1.165, 1.54) is 0 Å². The smallest absolute Gasteiger partial charge is 0.222 e. The topological polar surface area (TPSA) is 93.3 Å². The molecule has 0 saturated heterocycles. The van der Waals surface area contributed by atoms with Crippen molar-refractivity contribution in [3.05, 3.63) is 35.5 Å². The molecule has 4 N–H and O–H groups in total. The summed E-state index contributed by atoms with van der Waals surface area (Å²) in [6.45, 7) is 0.158. The van der Waals surface area contributed by atoms with E-state index in [1.54, 1.807) is 30.5 Å². The first-order chi connectivity index (χ1) is 11.2. The summed E-state index contributed by atoms with van der Waals surface area (Å²) in [7, 11) is 0. The molecule has 3 rings (SSSR count). The number of ether oxygens (including phenoxy) is 1. The zero-order valence-electron chi connectivity index (χ0n) is 12.6. The van der Waals surface area contributed by atoms with Crippen LogP contribution in [0.4, 0.5) is 11.8 Å². The van der Waals surface area contributed by atoms with Gasteiger partial charge in [0.15, 0.2) is 11.6 Å².